The summed E-state index contributed by atoms with van der Waals surface area (Å²) in [5.41, 5.74) is 0.724. The summed E-state index contributed by atoms with van der Waals surface area (Å²) >= 11 is 0. The van der Waals surface area contributed by atoms with Crippen LogP contribution in [-0.4, -0.2) is 40.7 Å². The number of hydrogen-bond acceptors (Lipinski definition) is 8. The average Bonchev–Trinajstić information content (AvgIpc) is 3.13. The standard InChI is InChI=1S/C15H13N5O5S/c1-25-14-8-2-11(3-9-14)10-26(23,24)15-16-17-18-19(15)12-4-6-13(7-5-12)20(21)22/h2-9H,10H2,1H3. The van der Waals surface area contributed by atoms with Crippen molar-refractivity contribution in [2.45, 2.75) is 10.9 Å². The number of ether oxygens (including phenoxy) is 1. The van der Waals surface area contributed by atoms with Crippen molar-refractivity contribution in [2.75, 3.05) is 7.11 Å². The van der Waals surface area contributed by atoms with Crippen LogP contribution in [0.1, 0.15) is 5.56 Å². The van der Waals surface area contributed by atoms with Gasteiger partial charge in [0.15, 0.2) is 0 Å². The Morgan fingerprint density at radius 2 is 1.77 bits per heavy atom. The molecule has 0 radical (unpaired) electrons. The molecule has 0 bridgehead atoms. The molecule has 0 aliphatic carbocycles. The Hall–Kier alpha value is -3.34. The largest absolute Gasteiger partial charge is 0.497 e. The molecule has 134 valence electrons. The van der Waals surface area contributed by atoms with E-state index in [1.54, 1.807) is 24.3 Å². The maximum Gasteiger partial charge on any atom is 0.272 e. The number of methoxy groups -OCH3 is 1. The lowest BCUT2D eigenvalue weighted by atomic mass is 10.2. The van der Waals surface area contributed by atoms with E-state index in [1.807, 2.05) is 0 Å². The summed E-state index contributed by atoms with van der Waals surface area (Å²) in [7, 11) is -2.32. The second-order valence-corrected chi connectivity index (χ2v) is 7.14. The quantitative estimate of drug-likeness (QED) is 0.468. The van der Waals surface area contributed by atoms with Crippen molar-refractivity contribution in [3.05, 3.63) is 64.2 Å². The van der Waals surface area contributed by atoms with Crippen LogP contribution in [0.3, 0.4) is 0 Å². The first kappa shape index (κ1) is 17.5. The Labute approximate surface area is 148 Å². The van der Waals surface area contributed by atoms with Gasteiger partial charge >= 0.3 is 0 Å². The van der Waals surface area contributed by atoms with Crippen LogP contribution < -0.4 is 4.74 Å². The predicted octanol–water partition coefficient (Wildman–Crippen LogP) is 1.55. The number of aromatic nitrogens is 4. The Morgan fingerprint density at radius 1 is 1.12 bits per heavy atom. The number of tetrazole rings is 1. The van der Waals surface area contributed by atoms with Crippen LogP contribution >= 0.6 is 0 Å². The number of nitrogens with zero attached hydrogens (tertiary/aromatic N) is 5. The van der Waals surface area contributed by atoms with Crippen molar-refractivity contribution in [1.29, 1.82) is 0 Å². The van der Waals surface area contributed by atoms with Crippen molar-refractivity contribution >= 4 is 15.5 Å². The normalized spacial score (nSPS) is 11.3. The topological polar surface area (TPSA) is 130 Å². The highest BCUT2D eigenvalue weighted by atomic mass is 32.2. The summed E-state index contributed by atoms with van der Waals surface area (Å²) in [6.07, 6.45) is 0. The van der Waals surface area contributed by atoms with Crippen molar-refractivity contribution < 1.29 is 18.1 Å². The third-order valence-electron chi connectivity index (χ3n) is 3.54. The van der Waals surface area contributed by atoms with Gasteiger partial charge in [0.2, 0.25) is 9.84 Å². The zero-order chi connectivity index (χ0) is 18.7. The third kappa shape index (κ3) is 3.52. The van der Waals surface area contributed by atoms with Gasteiger partial charge in [0, 0.05) is 12.1 Å². The first-order valence-electron chi connectivity index (χ1n) is 7.29. The summed E-state index contributed by atoms with van der Waals surface area (Å²) in [5, 5.41) is 21.1. The van der Waals surface area contributed by atoms with Crippen LogP contribution in [0.15, 0.2) is 53.7 Å². The predicted molar refractivity (Wildman–Crippen MR) is 89.7 cm³/mol. The molecule has 10 nitrogen and oxygen atoms in total. The molecule has 0 saturated heterocycles. The number of sulfone groups is 1. The molecular weight excluding hydrogens is 362 g/mol. The van der Waals surface area contributed by atoms with E-state index in [2.05, 4.69) is 15.5 Å². The maximum atomic E-state index is 12.7. The Bertz CT molecular complexity index is 1030. The van der Waals surface area contributed by atoms with E-state index in [0.717, 1.165) is 4.68 Å². The number of nitro groups is 1. The average molecular weight is 375 g/mol. The monoisotopic (exact) mass is 375 g/mol. The maximum absolute atomic E-state index is 12.7. The minimum absolute atomic E-state index is 0.121. The summed E-state index contributed by atoms with van der Waals surface area (Å²) in [6, 6.07) is 11.8. The second kappa shape index (κ2) is 6.88. The zero-order valence-corrected chi connectivity index (χ0v) is 14.3. The third-order valence-corrected chi connectivity index (χ3v) is 5.06. The summed E-state index contributed by atoms with van der Waals surface area (Å²) in [6.45, 7) is 0. The van der Waals surface area contributed by atoms with Gasteiger partial charge in [0.05, 0.1) is 23.5 Å². The molecule has 2 aromatic carbocycles. The molecule has 0 aliphatic rings. The zero-order valence-electron chi connectivity index (χ0n) is 13.5. The molecule has 0 saturated carbocycles. The van der Waals surface area contributed by atoms with Crippen LogP contribution in [0.5, 0.6) is 5.75 Å². The number of hydrogen-bond donors (Lipinski definition) is 0. The first-order valence-corrected chi connectivity index (χ1v) is 8.95. The van der Waals surface area contributed by atoms with Gasteiger partial charge in [-0.3, -0.25) is 10.1 Å². The lowest BCUT2D eigenvalue weighted by Gasteiger charge is -2.06. The molecule has 0 fully saturated rings. The lowest BCUT2D eigenvalue weighted by Crippen LogP contribution is -2.13. The number of rotatable bonds is 6. The molecule has 0 atom stereocenters. The molecule has 1 aromatic heterocycles. The number of non-ortho nitro benzene ring substituents is 1. The highest BCUT2D eigenvalue weighted by Crippen LogP contribution is 2.20. The van der Waals surface area contributed by atoms with E-state index in [-0.39, 0.29) is 16.6 Å². The fourth-order valence-corrected chi connectivity index (χ4v) is 3.58. The van der Waals surface area contributed by atoms with Gasteiger partial charge in [-0.05, 0) is 40.3 Å². The van der Waals surface area contributed by atoms with Gasteiger partial charge in [-0.15, -0.1) is 0 Å². The molecule has 3 rings (SSSR count). The molecular formula is C15H13N5O5S. The Morgan fingerprint density at radius 3 is 2.35 bits per heavy atom. The molecule has 1 heterocycles. The Kier molecular flexibility index (Phi) is 4.63. The minimum Gasteiger partial charge on any atom is -0.497 e. The van der Waals surface area contributed by atoms with E-state index in [0.29, 0.717) is 17.0 Å². The highest BCUT2D eigenvalue weighted by Gasteiger charge is 2.24. The van der Waals surface area contributed by atoms with Gasteiger partial charge < -0.3 is 4.74 Å². The second-order valence-electron chi connectivity index (χ2n) is 5.25. The van der Waals surface area contributed by atoms with E-state index in [9.17, 15) is 18.5 Å². The molecule has 0 aliphatic heterocycles. The van der Waals surface area contributed by atoms with Crippen molar-refractivity contribution in [3.63, 3.8) is 0 Å². The van der Waals surface area contributed by atoms with E-state index in [1.165, 1.54) is 31.4 Å². The summed E-state index contributed by atoms with van der Waals surface area (Å²) in [5.74, 6) is 0.312. The SMILES string of the molecule is COc1ccc(CS(=O)(=O)c2nnnn2-c2ccc([N+](=O)[O-])cc2)cc1. The molecule has 0 spiro atoms. The number of nitro benzene ring substituents is 1. The minimum atomic E-state index is -3.84. The Balaban J connectivity index is 1.91. The van der Waals surface area contributed by atoms with Crippen LogP contribution in [0, 0.1) is 10.1 Å². The van der Waals surface area contributed by atoms with Gasteiger partial charge in [-0.2, -0.15) is 4.68 Å². The van der Waals surface area contributed by atoms with Gasteiger partial charge in [-0.25, -0.2) is 8.42 Å². The summed E-state index contributed by atoms with van der Waals surface area (Å²) in [4.78, 5) is 10.2. The fourth-order valence-electron chi connectivity index (χ4n) is 2.26. The molecule has 26 heavy (non-hydrogen) atoms. The first-order chi connectivity index (χ1) is 12.4. The van der Waals surface area contributed by atoms with Crippen LogP contribution in [0.25, 0.3) is 5.69 Å². The van der Waals surface area contributed by atoms with Gasteiger partial charge in [0.25, 0.3) is 10.8 Å². The van der Waals surface area contributed by atoms with E-state index in [4.69, 9.17) is 4.74 Å². The highest BCUT2D eigenvalue weighted by molar-refractivity contribution is 7.90. The van der Waals surface area contributed by atoms with Gasteiger partial charge in [-0.1, -0.05) is 17.2 Å². The van der Waals surface area contributed by atoms with Gasteiger partial charge in [0.1, 0.15) is 5.75 Å². The van der Waals surface area contributed by atoms with E-state index >= 15 is 0 Å². The molecule has 11 heteroatoms. The fraction of sp³-hybridized carbons (Fsp3) is 0.133. The van der Waals surface area contributed by atoms with Crippen molar-refractivity contribution in [3.8, 4) is 11.4 Å². The molecule has 3 aromatic rings. The number of benzene rings is 2. The van der Waals surface area contributed by atoms with Crippen molar-refractivity contribution in [2.24, 2.45) is 0 Å². The van der Waals surface area contributed by atoms with E-state index < -0.39 is 14.8 Å². The van der Waals surface area contributed by atoms with Crippen LogP contribution in [-0.2, 0) is 15.6 Å². The molecule has 0 amide bonds. The molecule has 0 N–H and O–H groups in total. The van der Waals surface area contributed by atoms with Crippen LogP contribution in [0.2, 0.25) is 0 Å². The lowest BCUT2D eigenvalue weighted by molar-refractivity contribution is -0.384. The van der Waals surface area contributed by atoms with Crippen molar-refractivity contribution in [1.82, 2.24) is 20.2 Å². The van der Waals surface area contributed by atoms with Crippen LogP contribution in [0.4, 0.5) is 5.69 Å². The smallest absolute Gasteiger partial charge is 0.272 e. The molecule has 0 unspecified atom stereocenters. The summed E-state index contributed by atoms with van der Waals surface area (Å²) < 4.78 is 31.4.